The van der Waals surface area contributed by atoms with E-state index < -0.39 is 0 Å². The van der Waals surface area contributed by atoms with Gasteiger partial charge in [0.15, 0.2) is 0 Å². The van der Waals surface area contributed by atoms with Gasteiger partial charge in [0.25, 0.3) is 11.8 Å². The van der Waals surface area contributed by atoms with Crippen LogP contribution in [0.15, 0.2) is 84.6 Å². The smallest absolute Gasteiger partial charge is 0.282 e. The molecule has 2 aliphatic rings. The third-order valence-electron chi connectivity index (χ3n) is 6.48. The molecule has 0 spiro atoms. The summed E-state index contributed by atoms with van der Waals surface area (Å²) in [5.74, 6) is -0.0898. The van der Waals surface area contributed by atoms with Crippen LogP contribution >= 0.6 is 0 Å². The molecule has 178 valence electrons. The Morgan fingerprint density at radius 2 is 1.37 bits per heavy atom. The number of methoxy groups -OCH3 is 1. The van der Waals surface area contributed by atoms with Crippen LogP contribution in [0.5, 0.6) is 5.75 Å². The highest BCUT2D eigenvalue weighted by atomic mass is 16.5. The van der Waals surface area contributed by atoms with Gasteiger partial charge >= 0.3 is 0 Å². The van der Waals surface area contributed by atoms with Crippen LogP contribution in [0.25, 0.3) is 5.57 Å². The molecule has 0 unspecified atom stereocenters. The summed E-state index contributed by atoms with van der Waals surface area (Å²) in [4.78, 5) is 33.0. The van der Waals surface area contributed by atoms with Gasteiger partial charge in [-0.25, -0.2) is 4.90 Å². The maximum atomic E-state index is 13.5. The van der Waals surface area contributed by atoms with Crippen LogP contribution in [0.4, 0.5) is 17.1 Å². The van der Waals surface area contributed by atoms with E-state index in [2.05, 4.69) is 34.3 Å². The van der Waals surface area contributed by atoms with E-state index in [1.165, 1.54) is 4.90 Å². The first-order valence-corrected chi connectivity index (χ1v) is 11.7. The molecule has 5 rings (SSSR count). The number of nitrogens with one attached hydrogen (secondary N) is 1. The van der Waals surface area contributed by atoms with E-state index in [1.807, 2.05) is 42.5 Å². The molecule has 0 aliphatic carbocycles. The molecule has 2 heterocycles. The molecule has 3 aromatic carbocycles. The van der Waals surface area contributed by atoms with Gasteiger partial charge in [-0.15, -0.1) is 0 Å². The van der Waals surface area contributed by atoms with Crippen molar-refractivity contribution < 1.29 is 14.3 Å². The minimum Gasteiger partial charge on any atom is -0.497 e. The minimum absolute atomic E-state index is 0.268. The second-order valence-electron chi connectivity index (χ2n) is 8.72. The third kappa shape index (κ3) is 4.50. The first-order chi connectivity index (χ1) is 17.0. The zero-order valence-corrected chi connectivity index (χ0v) is 19.9. The van der Waals surface area contributed by atoms with Crippen LogP contribution in [-0.4, -0.2) is 57.1 Å². The SMILES string of the molecule is COc1ccc(N2C(=O)C(Nc3ccc(N4CCN(C)CC4)cc3)=C(c3ccccc3)C2=O)cc1. The highest BCUT2D eigenvalue weighted by Gasteiger charge is 2.40. The predicted octanol–water partition coefficient (Wildman–Crippen LogP) is 3.84. The number of rotatable bonds is 6. The van der Waals surface area contributed by atoms with E-state index >= 15 is 0 Å². The largest absolute Gasteiger partial charge is 0.497 e. The fourth-order valence-corrected chi connectivity index (χ4v) is 4.45. The second-order valence-corrected chi connectivity index (χ2v) is 8.72. The normalized spacial score (nSPS) is 16.7. The lowest BCUT2D eigenvalue weighted by Crippen LogP contribution is -2.44. The Kier molecular flexibility index (Phi) is 6.25. The summed E-state index contributed by atoms with van der Waals surface area (Å²) >= 11 is 0. The lowest BCUT2D eigenvalue weighted by molar-refractivity contribution is -0.120. The molecular weight excluding hydrogens is 440 g/mol. The average Bonchev–Trinajstić information content (AvgIpc) is 3.14. The van der Waals surface area contributed by atoms with Crippen LogP contribution in [0.3, 0.4) is 0 Å². The van der Waals surface area contributed by atoms with Gasteiger partial charge in [0.05, 0.1) is 18.4 Å². The number of hydrogen-bond acceptors (Lipinski definition) is 6. The van der Waals surface area contributed by atoms with Crippen molar-refractivity contribution in [2.75, 3.05) is 55.5 Å². The first kappa shape index (κ1) is 22.7. The summed E-state index contributed by atoms with van der Waals surface area (Å²) in [7, 11) is 3.71. The highest BCUT2D eigenvalue weighted by Crippen LogP contribution is 2.34. The number of hydrogen-bond donors (Lipinski definition) is 1. The van der Waals surface area contributed by atoms with Gasteiger partial charge in [0.2, 0.25) is 0 Å². The Balaban J connectivity index is 1.45. The van der Waals surface area contributed by atoms with Crippen LogP contribution in [0, 0.1) is 0 Å². The quantitative estimate of drug-likeness (QED) is 0.555. The number of piperazine rings is 1. The summed E-state index contributed by atoms with van der Waals surface area (Å²) in [6, 6.07) is 24.2. The lowest BCUT2D eigenvalue weighted by Gasteiger charge is -2.34. The Labute approximate surface area is 205 Å². The average molecular weight is 469 g/mol. The van der Waals surface area contributed by atoms with Crippen molar-refractivity contribution in [1.29, 1.82) is 0 Å². The number of amides is 2. The van der Waals surface area contributed by atoms with Crippen molar-refractivity contribution in [2.45, 2.75) is 0 Å². The van der Waals surface area contributed by atoms with Gasteiger partial charge in [-0.05, 0) is 61.1 Å². The number of carbonyl (C=O) groups is 2. The second kappa shape index (κ2) is 9.64. The van der Waals surface area contributed by atoms with Crippen molar-refractivity contribution >= 4 is 34.4 Å². The summed E-state index contributed by atoms with van der Waals surface area (Å²) in [6.07, 6.45) is 0. The Morgan fingerprint density at radius 3 is 2.00 bits per heavy atom. The topological polar surface area (TPSA) is 65.1 Å². The summed E-state index contributed by atoms with van der Waals surface area (Å²) in [5, 5.41) is 3.25. The monoisotopic (exact) mass is 468 g/mol. The number of carbonyl (C=O) groups excluding carboxylic acids is 2. The van der Waals surface area contributed by atoms with E-state index in [0.29, 0.717) is 22.6 Å². The maximum absolute atomic E-state index is 13.5. The molecule has 0 radical (unpaired) electrons. The molecule has 1 N–H and O–H groups in total. The molecule has 1 saturated heterocycles. The van der Waals surface area contributed by atoms with E-state index in [9.17, 15) is 9.59 Å². The molecule has 35 heavy (non-hydrogen) atoms. The fraction of sp³-hybridized carbons (Fsp3) is 0.214. The Morgan fingerprint density at radius 1 is 0.743 bits per heavy atom. The lowest BCUT2D eigenvalue weighted by atomic mass is 10.0. The highest BCUT2D eigenvalue weighted by molar-refractivity contribution is 6.46. The van der Waals surface area contributed by atoms with Crippen LogP contribution in [0.1, 0.15) is 5.56 Å². The molecule has 0 atom stereocenters. The standard InChI is InChI=1S/C28H28N4O3/c1-30-16-18-31(19-17-30)22-10-8-21(9-11-22)29-26-25(20-6-4-3-5-7-20)27(33)32(28(26)34)23-12-14-24(35-2)15-13-23/h3-15,29H,16-19H2,1-2H3. The van der Waals surface area contributed by atoms with E-state index in [1.54, 1.807) is 31.4 Å². The van der Waals surface area contributed by atoms with Crippen LogP contribution < -0.4 is 19.9 Å². The molecule has 1 fully saturated rings. The number of anilines is 3. The zero-order valence-electron chi connectivity index (χ0n) is 19.9. The predicted molar refractivity (Wildman–Crippen MR) is 139 cm³/mol. The van der Waals surface area contributed by atoms with Crippen molar-refractivity contribution in [1.82, 2.24) is 4.90 Å². The third-order valence-corrected chi connectivity index (χ3v) is 6.48. The maximum Gasteiger partial charge on any atom is 0.282 e. The fourth-order valence-electron chi connectivity index (χ4n) is 4.45. The van der Waals surface area contributed by atoms with Gasteiger partial charge in [0, 0.05) is 37.6 Å². The van der Waals surface area contributed by atoms with Crippen LogP contribution in [-0.2, 0) is 9.59 Å². The Hall–Kier alpha value is -4.10. The zero-order chi connectivity index (χ0) is 24.4. The molecule has 2 amide bonds. The van der Waals surface area contributed by atoms with E-state index in [4.69, 9.17) is 4.74 Å². The number of ether oxygens (including phenoxy) is 1. The van der Waals surface area contributed by atoms with Gasteiger partial charge < -0.3 is 19.9 Å². The number of nitrogens with zero attached hydrogens (tertiary/aromatic N) is 3. The van der Waals surface area contributed by atoms with Crippen molar-refractivity contribution in [3.63, 3.8) is 0 Å². The molecule has 0 saturated carbocycles. The number of imide groups is 1. The van der Waals surface area contributed by atoms with Crippen LogP contribution in [0.2, 0.25) is 0 Å². The van der Waals surface area contributed by atoms with Gasteiger partial charge in [-0.1, -0.05) is 30.3 Å². The van der Waals surface area contributed by atoms with Gasteiger partial charge in [-0.2, -0.15) is 0 Å². The van der Waals surface area contributed by atoms with Crippen molar-refractivity contribution in [3.05, 3.63) is 90.1 Å². The van der Waals surface area contributed by atoms with Gasteiger partial charge in [0.1, 0.15) is 11.4 Å². The molecule has 3 aromatic rings. The van der Waals surface area contributed by atoms with Crippen molar-refractivity contribution in [3.8, 4) is 5.75 Å². The molecular formula is C28H28N4O3. The number of likely N-dealkylation sites (N-methyl/N-ethyl adjacent to an activating group) is 1. The van der Waals surface area contributed by atoms with Crippen molar-refractivity contribution in [2.24, 2.45) is 0 Å². The Bertz CT molecular complexity index is 1250. The molecule has 7 nitrogen and oxygen atoms in total. The van der Waals surface area contributed by atoms with Gasteiger partial charge in [-0.3, -0.25) is 9.59 Å². The summed E-state index contributed by atoms with van der Waals surface area (Å²) < 4.78 is 5.22. The first-order valence-electron chi connectivity index (χ1n) is 11.7. The van der Waals surface area contributed by atoms with E-state index in [0.717, 1.165) is 37.6 Å². The molecule has 7 heteroatoms. The minimum atomic E-state index is -0.387. The summed E-state index contributed by atoms with van der Waals surface area (Å²) in [5.41, 5.74) is 3.72. The molecule has 2 aliphatic heterocycles. The molecule has 0 aromatic heterocycles. The number of benzene rings is 3. The molecule has 0 bridgehead atoms. The summed E-state index contributed by atoms with van der Waals surface area (Å²) in [6.45, 7) is 4.03. The van der Waals surface area contributed by atoms with E-state index in [-0.39, 0.29) is 17.5 Å².